The number of carbonyl (C=O) groups excluding carboxylic acids is 1. The van der Waals surface area contributed by atoms with Gasteiger partial charge in [0, 0.05) is 17.8 Å². The summed E-state index contributed by atoms with van der Waals surface area (Å²) in [7, 11) is 1.17. The number of halogens is 2. The lowest BCUT2D eigenvalue weighted by atomic mass is 10.2. The predicted molar refractivity (Wildman–Crippen MR) is 78.2 cm³/mol. The predicted octanol–water partition coefficient (Wildman–Crippen LogP) is 2.48. The van der Waals surface area contributed by atoms with Gasteiger partial charge in [-0.2, -0.15) is 5.10 Å². The van der Waals surface area contributed by atoms with Crippen molar-refractivity contribution < 1.29 is 13.9 Å². The van der Waals surface area contributed by atoms with Crippen molar-refractivity contribution in [2.45, 2.75) is 13.3 Å². The topological polar surface area (TPSA) is 61.2 Å². The van der Waals surface area contributed by atoms with Crippen LogP contribution >= 0.6 is 15.9 Å². The van der Waals surface area contributed by atoms with Crippen molar-refractivity contribution in [2.24, 2.45) is 0 Å². The summed E-state index contributed by atoms with van der Waals surface area (Å²) in [5.74, 6) is -1.28. The van der Waals surface area contributed by atoms with Crippen LogP contribution in [0.25, 0.3) is 5.69 Å². The first-order valence-electron chi connectivity index (χ1n) is 6.14. The molecule has 0 spiro atoms. The van der Waals surface area contributed by atoms with Crippen LogP contribution in [0.4, 0.5) is 4.39 Å². The number of esters is 1. The number of hydrogen-bond donors (Lipinski definition) is 0. The highest BCUT2D eigenvalue weighted by Gasteiger charge is 2.17. The Bertz CT molecular complexity index is 758. The molecule has 0 unspecified atom stereocenters. The minimum atomic E-state index is -0.818. The maximum atomic E-state index is 13.6. The van der Waals surface area contributed by atoms with Crippen LogP contribution in [0.3, 0.4) is 0 Å². The molecule has 0 saturated carbocycles. The molecule has 1 aromatic heterocycles. The number of benzene rings is 1. The van der Waals surface area contributed by atoms with Gasteiger partial charge in [0.2, 0.25) is 11.1 Å². The molecule has 0 amide bonds. The van der Waals surface area contributed by atoms with Crippen LogP contribution in [-0.2, 0) is 11.2 Å². The number of rotatable bonds is 3. The summed E-state index contributed by atoms with van der Waals surface area (Å²) in [6.45, 7) is 1.78. The fourth-order valence-electron chi connectivity index (χ4n) is 1.78. The Morgan fingerprint density at radius 2 is 2.19 bits per heavy atom. The normalized spacial score (nSPS) is 10.5. The number of hydrogen-bond acceptors (Lipinski definition) is 4. The molecule has 7 heteroatoms. The number of nitrogens with zero attached hydrogens (tertiary/aromatic N) is 2. The van der Waals surface area contributed by atoms with E-state index < -0.39 is 17.2 Å². The molecule has 21 heavy (non-hydrogen) atoms. The Balaban J connectivity index is 2.66. The van der Waals surface area contributed by atoms with Gasteiger partial charge < -0.3 is 4.74 Å². The van der Waals surface area contributed by atoms with Gasteiger partial charge in [0.05, 0.1) is 17.3 Å². The first-order chi connectivity index (χ1) is 9.97. The van der Waals surface area contributed by atoms with E-state index >= 15 is 0 Å². The Hall–Kier alpha value is -2.02. The molecule has 2 aromatic rings. The highest BCUT2D eigenvalue weighted by atomic mass is 79.9. The number of ether oxygens (including phenoxy) is 1. The molecule has 0 bridgehead atoms. The van der Waals surface area contributed by atoms with Crippen molar-refractivity contribution in [1.82, 2.24) is 9.78 Å². The third-order valence-electron chi connectivity index (χ3n) is 2.92. The van der Waals surface area contributed by atoms with Crippen molar-refractivity contribution in [3.63, 3.8) is 0 Å². The van der Waals surface area contributed by atoms with Crippen LogP contribution < -0.4 is 5.43 Å². The summed E-state index contributed by atoms with van der Waals surface area (Å²) in [4.78, 5) is 23.7. The van der Waals surface area contributed by atoms with Crippen molar-refractivity contribution in [3.8, 4) is 5.69 Å². The van der Waals surface area contributed by atoms with Gasteiger partial charge in [-0.25, -0.2) is 13.9 Å². The van der Waals surface area contributed by atoms with E-state index in [1.54, 1.807) is 13.0 Å². The van der Waals surface area contributed by atoms with Crippen molar-refractivity contribution in [2.75, 3.05) is 7.11 Å². The van der Waals surface area contributed by atoms with E-state index in [1.165, 1.54) is 30.1 Å². The second kappa shape index (κ2) is 6.17. The van der Waals surface area contributed by atoms with E-state index in [9.17, 15) is 14.0 Å². The van der Waals surface area contributed by atoms with Gasteiger partial charge >= 0.3 is 5.97 Å². The summed E-state index contributed by atoms with van der Waals surface area (Å²) in [5, 5.41) is 3.94. The molecule has 0 saturated heterocycles. The summed E-state index contributed by atoms with van der Waals surface area (Å²) in [5.41, 5.74) is 0.00244. The Labute approximate surface area is 128 Å². The number of aryl methyl sites for hydroxylation is 1. The zero-order valence-corrected chi connectivity index (χ0v) is 13.0. The summed E-state index contributed by atoms with van der Waals surface area (Å²) < 4.78 is 19.8. The standard InChI is InChI=1S/C14H12BrFN2O3/c1-3-8-7-18(9-4-5-10(15)11(16)6-9)17-12(13(8)19)14(20)21-2/h4-7H,3H2,1-2H3. The van der Waals surface area contributed by atoms with Crippen molar-refractivity contribution >= 4 is 21.9 Å². The molecule has 0 fully saturated rings. The molecule has 5 nitrogen and oxygen atoms in total. The van der Waals surface area contributed by atoms with Gasteiger partial charge in [-0.3, -0.25) is 4.79 Å². The molecule has 0 atom stereocenters. The maximum Gasteiger partial charge on any atom is 0.362 e. The number of carbonyl (C=O) groups is 1. The Morgan fingerprint density at radius 3 is 2.76 bits per heavy atom. The SMILES string of the molecule is CCc1cn(-c2ccc(Br)c(F)c2)nc(C(=O)OC)c1=O. The third kappa shape index (κ3) is 3.02. The van der Waals surface area contributed by atoms with Gasteiger partial charge in [-0.1, -0.05) is 6.92 Å². The molecule has 0 N–H and O–H groups in total. The van der Waals surface area contributed by atoms with Gasteiger partial charge in [0.25, 0.3) is 0 Å². The van der Waals surface area contributed by atoms with Crippen LogP contribution in [0.1, 0.15) is 23.0 Å². The fraction of sp³-hybridized carbons (Fsp3) is 0.214. The molecule has 0 aliphatic rings. The third-order valence-corrected chi connectivity index (χ3v) is 3.56. The Kier molecular flexibility index (Phi) is 4.52. The first-order valence-corrected chi connectivity index (χ1v) is 6.93. The minimum absolute atomic E-state index is 0.316. The largest absolute Gasteiger partial charge is 0.464 e. The van der Waals surface area contributed by atoms with E-state index in [0.29, 0.717) is 22.1 Å². The van der Waals surface area contributed by atoms with Crippen LogP contribution in [-0.4, -0.2) is 22.9 Å². The van der Waals surface area contributed by atoms with Crippen molar-refractivity contribution in [3.05, 3.63) is 56.2 Å². The van der Waals surface area contributed by atoms with E-state index in [4.69, 9.17) is 0 Å². The van der Waals surface area contributed by atoms with Crippen LogP contribution in [0.15, 0.2) is 33.7 Å². The molecule has 1 aromatic carbocycles. The zero-order valence-electron chi connectivity index (χ0n) is 11.4. The average molecular weight is 355 g/mol. The van der Waals surface area contributed by atoms with E-state index in [1.807, 2.05) is 0 Å². The average Bonchev–Trinajstić information content (AvgIpc) is 2.49. The lowest BCUT2D eigenvalue weighted by Gasteiger charge is -2.10. The fourth-order valence-corrected chi connectivity index (χ4v) is 2.03. The molecule has 0 aliphatic heterocycles. The zero-order chi connectivity index (χ0) is 15.6. The van der Waals surface area contributed by atoms with Gasteiger partial charge in [0.1, 0.15) is 5.82 Å². The van der Waals surface area contributed by atoms with Crippen molar-refractivity contribution in [1.29, 1.82) is 0 Å². The first kappa shape index (κ1) is 15.4. The van der Waals surface area contributed by atoms with Gasteiger partial charge in [-0.15, -0.1) is 0 Å². The molecule has 1 heterocycles. The van der Waals surface area contributed by atoms with Gasteiger partial charge in [0.15, 0.2) is 0 Å². The molecular formula is C14H12BrFN2O3. The maximum absolute atomic E-state index is 13.6. The van der Waals surface area contributed by atoms with Crippen LogP contribution in [0.2, 0.25) is 0 Å². The van der Waals surface area contributed by atoms with Crippen LogP contribution in [0.5, 0.6) is 0 Å². The van der Waals surface area contributed by atoms with E-state index in [2.05, 4.69) is 25.8 Å². The molecular weight excluding hydrogens is 343 g/mol. The summed E-state index contributed by atoms with van der Waals surface area (Å²) in [6.07, 6.45) is 1.90. The number of methoxy groups -OCH3 is 1. The Morgan fingerprint density at radius 1 is 1.48 bits per heavy atom. The highest BCUT2D eigenvalue weighted by Crippen LogP contribution is 2.18. The second-order valence-corrected chi connectivity index (χ2v) is 5.07. The van der Waals surface area contributed by atoms with Crippen LogP contribution in [0, 0.1) is 5.82 Å². The summed E-state index contributed by atoms with van der Waals surface area (Å²) >= 11 is 3.06. The summed E-state index contributed by atoms with van der Waals surface area (Å²) in [6, 6.07) is 4.39. The lowest BCUT2D eigenvalue weighted by Crippen LogP contribution is -2.25. The molecule has 110 valence electrons. The van der Waals surface area contributed by atoms with Gasteiger partial charge in [-0.05, 0) is 34.5 Å². The monoisotopic (exact) mass is 354 g/mol. The molecule has 0 radical (unpaired) electrons. The highest BCUT2D eigenvalue weighted by molar-refractivity contribution is 9.10. The lowest BCUT2D eigenvalue weighted by molar-refractivity contribution is 0.0590. The quantitative estimate of drug-likeness (QED) is 0.794. The van der Waals surface area contributed by atoms with E-state index in [0.717, 1.165) is 0 Å². The number of aromatic nitrogens is 2. The van der Waals surface area contributed by atoms with E-state index in [-0.39, 0.29) is 5.69 Å². The second-order valence-electron chi connectivity index (χ2n) is 4.22. The minimum Gasteiger partial charge on any atom is -0.464 e. The smallest absolute Gasteiger partial charge is 0.362 e. The molecule has 0 aliphatic carbocycles. The molecule has 2 rings (SSSR count).